The third-order valence-corrected chi connectivity index (χ3v) is 4.15. The largest absolute Gasteiger partial charge is 0.303 e. The van der Waals surface area contributed by atoms with Crippen LogP contribution in [0.2, 0.25) is 0 Å². The number of hydrogen-bond donors (Lipinski definition) is 0. The zero-order valence-electron chi connectivity index (χ0n) is 10.6. The molecule has 0 radical (unpaired) electrons. The molecule has 1 fully saturated rings. The zero-order valence-corrected chi connectivity index (χ0v) is 12.2. The molecule has 1 saturated heterocycles. The molecule has 0 aromatic heterocycles. The highest BCUT2D eigenvalue weighted by Gasteiger charge is 2.44. The van der Waals surface area contributed by atoms with Crippen LogP contribution in [0, 0.1) is 5.92 Å². The molecule has 0 spiro atoms. The molecule has 0 N–H and O–H groups in total. The minimum Gasteiger partial charge on any atom is -0.303 e. The Balaban J connectivity index is 2.02. The van der Waals surface area contributed by atoms with Gasteiger partial charge in [0.25, 0.3) is 5.92 Å². The van der Waals surface area contributed by atoms with Crippen molar-refractivity contribution in [1.82, 2.24) is 4.90 Å². The summed E-state index contributed by atoms with van der Waals surface area (Å²) in [7, 11) is 0. The lowest BCUT2D eigenvalue weighted by molar-refractivity contribution is -0.0609. The molecule has 1 aromatic carbocycles. The van der Waals surface area contributed by atoms with Gasteiger partial charge in [0, 0.05) is 29.0 Å². The van der Waals surface area contributed by atoms with Crippen LogP contribution >= 0.6 is 15.9 Å². The number of hydrogen-bond acceptors (Lipinski definition) is 1. The quantitative estimate of drug-likeness (QED) is 0.778. The molecule has 1 heterocycles. The van der Waals surface area contributed by atoms with Crippen molar-refractivity contribution < 1.29 is 13.2 Å². The molecule has 0 aliphatic carbocycles. The number of alkyl halides is 3. The van der Waals surface area contributed by atoms with Gasteiger partial charge in [0.2, 0.25) is 0 Å². The van der Waals surface area contributed by atoms with Crippen LogP contribution in [-0.4, -0.2) is 31.2 Å². The van der Waals surface area contributed by atoms with E-state index in [0.717, 1.165) is 4.47 Å². The number of benzene rings is 1. The van der Waals surface area contributed by atoms with E-state index in [-0.39, 0.29) is 12.2 Å². The molecule has 2 rings (SSSR count). The minimum absolute atomic E-state index is 0.0630. The van der Waals surface area contributed by atoms with Crippen LogP contribution in [0.15, 0.2) is 28.7 Å². The predicted octanol–water partition coefficient (Wildman–Crippen LogP) is 4.22. The third kappa shape index (κ3) is 3.51. The average molecular weight is 336 g/mol. The first-order valence-electron chi connectivity index (χ1n) is 6.46. The lowest BCUT2D eigenvalue weighted by atomic mass is 9.94. The molecule has 1 aliphatic rings. The fraction of sp³-hybridized carbons (Fsp3) is 0.571. The monoisotopic (exact) mass is 335 g/mol. The van der Waals surface area contributed by atoms with Gasteiger partial charge in [0.15, 0.2) is 0 Å². The van der Waals surface area contributed by atoms with Crippen LogP contribution in [0.25, 0.3) is 0 Å². The fourth-order valence-corrected chi connectivity index (χ4v) is 2.79. The summed E-state index contributed by atoms with van der Waals surface area (Å²) in [4.78, 5) is 1.93. The van der Waals surface area contributed by atoms with Crippen molar-refractivity contribution in [3.63, 3.8) is 0 Å². The number of rotatable bonds is 5. The van der Waals surface area contributed by atoms with Gasteiger partial charge in [0.1, 0.15) is 0 Å². The van der Waals surface area contributed by atoms with E-state index in [9.17, 15) is 13.2 Å². The molecule has 1 aliphatic heterocycles. The minimum atomic E-state index is -2.81. The SMILES string of the molecule is FCCCN1CCC(C(F)(F)c2ccc(Br)cc2)C1. The van der Waals surface area contributed by atoms with Crippen molar-refractivity contribution in [1.29, 1.82) is 0 Å². The van der Waals surface area contributed by atoms with E-state index in [1.165, 1.54) is 12.1 Å². The van der Waals surface area contributed by atoms with Crippen molar-refractivity contribution in [2.24, 2.45) is 5.92 Å². The topological polar surface area (TPSA) is 3.24 Å². The highest BCUT2D eigenvalue weighted by Crippen LogP contribution is 2.41. The van der Waals surface area contributed by atoms with Crippen molar-refractivity contribution >= 4 is 15.9 Å². The Hall–Kier alpha value is -0.550. The van der Waals surface area contributed by atoms with E-state index in [1.54, 1.807) is 12.1 Å². The Kier molecular flexibility index (Phi) is 4.90. The summed E-state index contributed by atoms with van der Waals surface area (Å²) in [6.07, 6.45) is 0.895. The van der Waals surface area contributed by atoms with Gasteiger partial charge in [-0.3, -0.25) is 4.39 Å². The van der Waals surface area contributed by atoms with E-state index in [0.29, 0.717) is 32.5 Å². The first-order valence-corrected chi connectivity index (χ1v) is 7.25. The summed E-state index contributed by atoms with van der Waals surface area (Å²) in [6.45, 7) is 1.17. The molecule has 1 nitrogen and oxygen atoms in total. The van der Waals surface area contributed by atoms with Crippen LogP contribution in [0.4, 0.5) is 13.2 Å². The Morgan fingerprint density at radius 3 is 2.58 bits per heavy atom. The Morgan fingerprint density at radius 1 is 1.26 bits per heavy atom. The Morgan fingerprint density at radius 2 is 1.95 bits per heavy atom. The molecule has 106 valence electrons. The second kappa shape index (κ2) is 6.27. The summed E-state index contributed by atoms with van der Waals surface area (Å²) in [5, 5.41) is 0. The van der Waals surface area contributed by atoms with Gasteiger partial charge in [0.05, 0.1) is 6.67 Å². The number of likely N-dealkylation sites (tertiary alicyclic amines) is 1. The maximum absolute atomic E-state index is 14.4. The average Bonchev–Trinajstić information content (AvgIpc) is 2.86. The molecule has 1 atom stereocenters. The molecular formula is C14H17BrF3N. The maximum atomic E-state index is 14.4. The molecule has 0 bridgehead atoms. The van der Waals surface area contributed by atoms with Crippen molar-refractivity contribution in [3.8, 4) is 0 Å². The number of nitrogens with zero attached hydrogens (tertiary/aromatic N) is 1. The van der Waals surface area contributed by atoms with E-state index < -0.39 is 11.8 Å². The van der Waals surface area contributed by atoms with E-state index in [1.807, 2.05) is 4.90 Å². The normalized spacial score (nSPS) is 20.9. The van der Waals surface area contributed by atoms with Gasteiger partial charge in [-0.05, 0) is 31.5 Å². The predicted molar refractivity (Wildman–Crippen MR) is 73.2 cm³/mol. The van der Waals surface area contributed by atoms with Crippen LogP contribution < -0.4 is 0 Å². The van der Waals surface area contributed by atoms with Gasteiger partial charge in [-0.15, -0.1) is 0 Å². The summed E-state index contributed by atoms with van der Waals surface area (Å²) >= 11 is 3.25. The lowest BCUT2D eigenvalue weighted by Gasteiger charge is -2.24. The molecular weight excluding hydrogens is 319 g/mol. The van der Waals surface area contributed by atoms with Crippen LogP contribution in [-0.2, 0) is 5.92 Å². The molecule has 0 saturated carbocycles. The molecule has 19 heavy (non-hydrogen) atoms. The van der Waals surface area contributed by atoms with E-state index >= 15 is 0 Å². The van der Waals surface area contributed by atoms with Crippen molar-refractivity contribution in [3.05, 3.63) is 34.3 Å². The van der Waals surface area contributed by atoms with Gasteiger partial charge in [-0.1, -0.05) is 28.1 Å². The van der Waals surface area contributed by atoms with Crippen LogP contribution in [0.1, 0.15) is 18.4 Å². The van der Waals surface area contributed by atoms with Crippen LogP contribution in [0.5, 0.6) is 0 Å². The third-order valence-electron chi connectivity index (χ3n) is 3.62. The second-order valence-corrected chi connectivity index (χ2v) is 5.87. The molecule has 1 aromatic rings. The summed E-state index contributed by atoms with van der Waals surface area (Å²) < 4.78 is 41.6. The molecule has 5 heteroatoms. The van der Waals surface area contributed by atoms with Crippen molar-refractivity contribution in [2.45, 2.75) is 18.8 Å². The highest BCUT2D eigenvalue weighted by atomic mass is 79.9. The standard InChI is InChI=1S/C14H17BrF3N/c15-13-4-2-11(3-5-13)14(17,18)12-6-9-19(10-12)8-1-7-16/h2-5,12H,1,6-10H2. The van der Waals surface area contributed by atoms with E-state index in [4.69, 9.17) is 0 Å². The van der Waals surface area contributed by atoms with Gasteiger partial charge in [-0.25, -0.2) is 8.78 Å². The fourth-order valence-electron chi connectivity index (χ4n) is 2.52. The van der Waals surface area contributed by atoms with Gasteiger partial charge < -0.3 is 4.90 Å². The summed E-state index contributed by atoms with van der Waals surface area (Å²) in [5.41, 5.74) is 0.0630. The molecule has 0 amide bonds. The van der Waals surface area contributed by atoms with Crippen LogP contribution in [0.3, 0.4) is 0 Å². The smallest absolute Gasteiger partial charge is 0.277 e. The lowest BCUT2D eigenvalue weighted by Crippen LogP contribution is -2.30. The van der Waals surface area contributed by atoms with E-state index in [2.05, 4.69) is 15.9 Å². The number of halogens is 4. The highest BCUT2D eigenvalue weighted by molar-refractivity contribution is 9.10. The summed E-state index contributed by atoms with van der Waals surface area (Å²) in [5.74, 6) is -3.49. The maximum Gasteiger partial charge on any atom is 0.277 e. The van der Waals surface area contributed by atoms with Crippen molar-refractivity contribution in [2.75, 3.05) is 26.3 Å². The Bertz CT molecular complexity index is 408. The second-order valence-electron chi connectivity index (χ2n) is 4.96. The van der Waals surface area contributed by atoms with Gasteiger partial charge in [-0.2, -0.15) is 0 Å². The first kappa shape index (κ1) is 14.9. The Labute approximate surface area is 119 Å². The van der Waals surface area contributed by atoms with Gasteiger partial charge >= 0.3 is 0 Å². The first-order chi connectivity index (χ1) is 9.04. The molecule has 1 unspecified atom stereocenters. The zero-order chi connectivity index (χ0) is 13.9. The summed E-state index contributed by atoms with van der Waals surface area (Å²) in [6, 6.07) is 6.21.